The monoisotopic (exact) mass is 442 g/mol. The van der Waals surface area contributed by atoms with Crippen molar-refractivity contribution in [1.29, 1.82) is 0 Å². The highest BCUT2D eigenvalue weighted by atomic mass is 35.5. The van der Waals surface area contributed by atoms with Crippen LogP contribution in [0.5, 0.6) is 0 Å². The van der Waals surface area contributed by atoms with Crippen LogP contribution in [0.25, 0.3) is 0 Å². The zero-order valence-electron chi connectivity index (χ0n) is 16.9. The summed E-state index contributed by atoms with van der Waals surface area (Å²) in [5.41, 5.74) is 0. The average molecular weight is 443 g/mol. The number of carbonyl (C=O) groups excluding carboxylic acids is 2. The summed E-state index contributed by atoms with van der Waals surface area (Å²) >= 11 is 5.48. The van der Waals surface area contributed by atoms with Crippen LogP contribution in [-0.2, 0) is 19.4 Å². The summed E-state index contributed by atoms with van der Waals surface area (Å²) in [4.78, 5) is 25.4. The van der Waals surface area contributed by atoms with Gasteiger partial charge in [-0.3, -0.25) is 4.79 Å². The normalized spacial score (nSPS) is 12.2. The molecule has 1 rings (SSSR count). The lowest BCUT2D eigenvalue weighted by Crippen LogP contribution is -2.33. The molecule has 2 radical (unpaired) electrons. The van der Waals surface area contributed by atoms with Crippen LogP contribution in [0.1, 0.15) is 39.0 Å². The Morgan fingerprint density at radius 2 is 1.76 bits per heavy atom. The molecule has 10 heteroatoms. The van der Waals surface area contributed by atoms with Gasteiger partial charge in [-0.05, 0) is 25.0 Å². The second kappa shape index (κ2) is 12.7. The van der Waals surface area contributed by atoms with Gasteiger partial charge in [-0.2, -0.15) is 0 Å². The Morgan fingerprint density at radius 3 is 2.34 bits per heavy atom. The summed E-state index contributed by atoms with van der Waals surface area (Å²) in [5, 5.41) is -0.877. The predicted octanol–water partition coefficient (Wildman–Crippen LogP) is 2.98. The second-order valence-corrected chi connectivity index (χ2v) is 9.26. The van der Waals surface area contributed by atoms with Gasteiger partial charge in [-0.25, -0.2) is 13.2 Å². The lowest BCUT2D eigenvalue weighted by Gasteiger charge is -2.20. The Bertz CT molecular complexity index is 748. The number of halogens is 1. The molecule has 0 aromatic heterocycles. The van der Waals surface area contributed by atoms with E-state index in [1.54, 1.807) is 30.1 Å². The van der Waals surface area contributed by atoms with E-state index in [1.807, 2.05) is 0 Å². The van der Waals surface area contributed by atoms with Gasteiger partial charge in [-0.15, -0.1) is 11.6 Å². The molecule has 0 saturated carbocycles. The van der Waals surface area contributed by atoms with Crippen LogP contribution < -0.4 is 0 Å². The van der Waals surface area contributed by atoms with Crippen molar-refractivity contribution in [3.05, 3.63) is 30.3 Å². The Labute approximate surface area is 179 Å². The number of hydrogen-bond donors (Lipinski definition) is 0. The Morgan fingerprint density at radius 1 is 1.14 bits per heavy atom. The topological polar surface area (TPSA) is 84.0 Å². The van der Waals surface area contributed by atoms with Crippen LogP contribution in [0, 0.1) is 0 Å². The smallest absolute Gasteiger partial charge is 0.397 e. The minimum Gasteiger partial charge on any atom is -0.449 e. The largest absolute Gasteiger partial charge is 0.449 e. The van der Waals surface area contributed by atoms with E-state index in [9.17, 15) is 18.0 Å². The standard InChI is InChI=1S/C19H28BClN2O5S/c1-16(24)22(2)13-9-4-3-6-12-18(14-28-19(25)23(20)15-21)29(26,27)17-10-7-5-8-11-17/h5,7-8,10-11,18H,3-4,6,9,12-15H2,1-2H3. The van der Waals surface area contributed by atoms with Crippen molar-refractivity contribution < 1.29 is 22.7 Å². The van der Waals surface area contributed by atoms with Gasteiger partial charge in [-0.1, -0.05) is 37.5 Å². The highest BCUT2D eigenvalue weighted by Crippen LogP contribution is 2.21. The van der Waals surface area contributed by atoms with Gasteiger partial charge < -0.3 is 14.4 Å². The molecule has 0 aliphatic heterocycles. The quantitative estimate of drug-likeness (QED) is 0.215. The third kappa shape index (κ3) is 8.66. The van der Waals surface area contributed by atoms with Gasteiger partial charge in [0.1, 0.15) is 11.9 Å². The second-order valence-electron chi connectivity index (χ2n) is 6.79. The molecule has 0 aliphatic rings. The molecule has 160 valence electrons. The van der Waals surface area contributed by atoms with E-state index in [2.05, 4.69) is 0 Å². The van der Waals surface area contributed by atoms with Gasteiger partial charge in [0.2, 0.25) is 13.9 Å². The van der Waals surface area contributed by atoms with Crippen molar-refractivity contribution in [2.24, 2.45) is 0 Å². The first-order valence-corrected chi connectivity index (χ1v) is 11.5. The number of nitrogens with zero attached hydrogens (tertiary/aromatic N) is 2. The fourth-order valence-corrected chi connectivity index (χ4v) is 4.40. The number of sulfone groups is 1. The average Bonchev–Trinajstić information content (AvgIpc) is 2.71. The van der Waals surface area contributed by atoms with E-state index in [1.165, 1.54) is 19.1 Å². The summed E-state index contributed by atoms with van der Waals surface area (Å²) in [6.45, 7) is 1.89. The van der Waals surface area contributed by atoms with Crippen molar-refractivity contribution in [1.82, 2.24) is 9.71 Å². The zero-order chi connectivity index (χ0) is 21.9. The third-order valence-corrected chi connectivity index (χ3v) is 7.01. The molecule has 0 N–H and O–H groups in total. The van der Waals surface area contributed by atoms with Crippen molar-refractivity contribution in [3.8, 4) is 0 Å². The van der Waals surface area contributed by atoms with Crippen LogP contribution in [0.15, 0.2) is 35.2 Å². The van der Waals surface area contributed by atoms with E-state index in [4.69, 9.17) is 24.3 Å². The van der Waals surface area contributed by atoms with E-state index in [-0.39, 0.29) is 23.4 Å². The van der Waals surface area contributed by atoms with E-state index < -0.39 is 21.2 Å². The van der Waals surface area contributed by atoms with E-state index in [0.717, 1.165) is 19.3 Å². The first-order chi connectivity index (χ1) is 13.7. The SMILES string of the molecule is [B]N(CCl)C(=O)OCC(CCCCCCN(C)C(C)=O)S(=O)(=O)c1ccccc1. The molecule has 0 aliphatic carbocycles. The molecule has 29 heavy (non-hydrogen) atoms. The lowest BCUT2D eigenvalue weighted by atomic mass is 10.1. The third-order valence-electron chi connectivity index (χ3n) is 4.57. The molecular formula is C19H28BClN2O5S. The highest BCUT2D eigenvalue weighted by Gasteiger charge is 2.28. The molecule has 0 heterocycles. The predicted molar refractivity (Wildman–Crippen MR) is 113 cm³/mol. The molecule has 1 unspecified atom stereocenters. The fraction of sp³-hybridized carbons (Fsp3) is 0.579. The molecule has 0 spiro atoms. The maximum absolute atomic E-state index is 13.0. The molecule has 1 aromatic carbocycles. The summed E-state index contributed by atoms with van der Waals surface area (Å²) < 4.78 is 31.0. The number of alkyl halides is 1. The Balaban J connectivity index is 2.66. The zero-order valence-corrected chi connectivity index (χ0v) is 18.5. The maximum atomic E-state index is 13.0. The summed E-state index contributed by atoms with van der Waals surface area (Å²) in [7, 11) is 3.45. The molecule has 1 aromatic rings. The van der Waals surface area contributed by atoms with E-state index in [0.29, 0.717) is 24.2 Å². The van der Waals surface area contributed by atoms with Crippen LogP contribution in [-0.4, -0.2) is 69.6 Å². The number of benzene rings is 1. The molecule has 0 saturated heterocycles. The van der Waals surface area contributed by atoms with Crippen molar-refractivity contribution in [2.45, 2.75) is 49.2 Å². The van der Waals surface area contributed by atoms with Gasteiger partial charge in [0.15, 0.2) is 9.84 Å². The van der Waals surface area contributed by atoms with Gasteiger partial charge >= 0.3 is 6.09 Å². The first-order valence-electron chi connectivity index (χ1n) is 9.45. The molecule has 2 amide bonds. The minimum atomic E-state index is -3.67. The number of carbonyl (C=O) groups is 2. The summed E-state index contributed by atoms with van der Waals surface area (Å²) in [5.74, 6) is 0.0201. The molecule has 0 fully saturated rings. The molecular weight excluding hydrogens is 415 g/mol. The number of ether oxygens (including phenoxy) is 1. The highest BCUT2D eigenvalue weighted by molar-refractivity contribution is 7.92. The minimum absolute atomic E-state index is 0.0201. The maximum Gasteiger partial charge on any atom is 0.397 e. The molecule has 0 bridgehead atoms. The Hall–Kier alpha value is -1.74. The number of hydrogen-bond acceptors (Lipinski definition) is 5. The van der Waals surface area contributed by atoms with Gasteiger partial charge in [0.05, 0.1) is 10.9 Å². The van der Waals surface area contributed by atoms with Crippen molar-refractivity contribution in [3.63, 3.8) is 0 Å². The lowest BCUT2D eigenvalue weighted by molar-refractivity contribution is -0.127. The first kappa shape index (κ1) is 25.3. The van der Waals surface area contributed by atoms with Crippen LogP contribution in [0.4, 0.5) is 4.79 Å². The van der Waals surface area contributed by atoms with E-state index >= 15 is 0 Å². The van der Waals surface area contributed by atoms with Crippen molar-refractivity contribution >= 4 is 41.4 Å². The summed E-state index contributed by atoms with van der Waals surface area (Å²) in [6, 6.07) is 7.82. The number of rotatable bonds is 12. The van der Waals surface area contributed by atoms with Crippen molar-refractivity contribution in [2.75, 3.05) is 26.2 Å². The Kier molecular flexibility index (Phi) is 11.1. The van der Waals surface area contributed by atoms with Crippen LogP contribution in [0.2, 0.25) is 0 Å². The summed E-state index contributed by atoms with van der Waals surface area (Å²) in [6.07, 6.45) is 2.65. The fourth-order valence-electron chi connectivity index (χ4n) is 2.66. The number of amides is 2. The van der Waals surface area contributed by atoms with Crippen LogP contribution >= 0.6 is 11.6 Å². The molecule has 1 atom stereocenters. The van der Waals surface area contributed by atoms with Gasteiger partial charge in [0.25, 0.3) is 0 Å². The van der Waals surface area contributed by atoms with Gasteiger partial charge in [0, 0.05) is 20.5 Å². The van der Waals surface area contributed by atoms with Crippen LogP contribution in [0.3, 0.4) is 0 Å². The molecule has 7 nitrogen and oxygen atoms in total. The number of unbranched alkanes of at least 4 members (excludes halogenated alkanes) is 3.